The summed E-state index contributed by atoms with van der Waals surface area (Å²) in [5.41, 5.74) is 0.676. The number of aromatic nitrogens is 2. The number of anilines is 1. The lowest BCUT2D eigenvalue weighted by molar-refractivity contribution is -0.0550. The molecule has 22 heavy (non-hydrogen) atoms. The molecule has 0 radical (unpaired) electrons. The summed E-state index contributed by atoms with van der Waals surface area (Å²) in [6, 6.07) is 0. The van der Waals surface area contributed by atoms with E-state index in [1.807, 2.05) is 0 Å². The van der Waals surface area contributed by atoms with Gasteiger partial charge in [-0.2, -0.15) is 5.10 Å². The van der Waals surface area contributed by atoms with Gasteiger partial charge in [-0.1, -0.05) is 0 Å². The van der Waals surface area contributed by atoms with Crippen LogP contribution < -0.4 is 4.90 Å². The van der Waals surface area contributed by atoms with E-state index in [1.165, 1.54) is 0 Å². The molecule has 2 aliphatic rings. The van der Waals surface area contributed by atoms with Crippen LogP contribution >= 0.6 is 0 Å². The van der Waals surface area contributed by atoms with Crippen LogP contribution in [-0.4, -0.2) is 59.5 Å². The van der Waals surface area contributed by atoms with Crippen molar-refractivity contribution in [1.29, 1.82) is 0 Å². The van der Waals surface area contributed by atoms with Gasteiger partial charge in [-0.05, 0) is 19.4 Å². The lowest BCUT2D eigenvalue weighted by Crippen LogP contribution is -2.40. The highest BCUT2D eigenvalue weighted by Crippen LogP contribution is 2.28. The molecule has 2 aliphatic heterocycles. The van der Waals surface area contributed by atoms with Crippen LogP contribution in [0.5, 0.6) is 0 Å². The predicted octanol–water partition coefficient (Wildman–Crippen LogP) is 2.31. The Balaban J connectivity index is 1.50. The number of fused-ring (bicyclic) bond motifs is 1. The van der Waals surface area contributed by atoms with Gasteiger partial charge in [0.1, 0.15) is 5.82 Å². The summed E-state index contributed by atoms with van der Waals surface area (Å²) >= 11 is 0. The SMILES string of the molecule is O=C1CCCN(CCCN2CCC(F)(F)CC2)c2[nH]ncc21. The van der Waals surface area contributed by atoms with Crippen LogP contribution in [0.2, 0.25) is 0 Å². The van der Waals surface area contributed by atoms with Gasteiger partial charge in [0.2, 0.25) is 0 Å². The standard InChI is InChI=1S/C15H22F2N4O/c16-15(17)4-9-20(10-5-15)6-2-8-21-7-1-3-13(22)12-11-18-19-14(12)21/h11H,1-10H2,(H,18,19). The molecule has 1 aromatic heterocycles. The molecule has 0 spiro atoms. The average molecular weight is 312 g/mol. The lowest BCUT2D eigenvalue weighted by atomic mass is 10.1. The number of Topliss-reactive ketones (excluding diaryl/α,β-unsaturated/α-hetero) is 1. The molecule has 0 aromatic carbocycles. The Hall–Kier alpha value is -1.50. The van der Waals surface area contributed by atoms with Gasteiger partial charge < -0.3 is 9.80 Å². The van der Waals surface area contributed by atoms with Crippen LogP contribution in [0.3, 0.4) is 0 Å². The van der Waals surface area contributed by atoms with Crippen molar-refractivity contribution < 1.29 is 13.6 Å². The minimum atomic E-state index is -2.48. The first-order valence-corrected chi connectivity index (χ1v) is 7.97. The summed E-state index contributed by atoms with van der Waals surface area (Å²) in [5.74, 6) is -1.52. The molecule has 0 unspecified atom stereocenters. The Morgan fingerprint density at radius 2 is 2.00 bits per heavy atom. The molecule has 1 N–H and O–H groups in total. The third-order valence-corrected chi connectivity index (χ3v) is 4.56. The Labute approximate surface area is 128 Å². The zero-order valence-electron chi connectivity index (χ0n) is 12.7. The topological polar surface area (TPSA) is 52.2 Å². The third-order valence-electron chi connectivity index (χ3n) is 4.56. The minimum absolute atomic E-state index is 0.0318. The molecule has 7 heteroatoms. The molecule has 3 heterocycles. The normalized spacial score (nSPS) is 22.5. The van der Waals surface area contributed by atoms with Crippen LogP contribution in [-0.2, 0) is 0 Å². The summed E-state index contributed by atoms with van der Waals surface area (Å²) in [6.45, 7) is 3.42. The highest BCUT2D eigenvalue weighted by Gasteiger charge is 2.33. The number of rotatable bonds is 4. The van der Waals surface area contributed by atoms with E-state index in [4.69, 9.17) is 0 Å². The molecule has 0 bridgehead atoms. The maximum Gasteiger partial charge on any atom is 0.250 e. The molecule has 1 saturated heterocycles. The lowest BCUT2D eigenvalue weighted by Gasteiger charge is -2.32. The fourth-order valence-corrected chi connectivity index (χ4v) is 3.21. The van der Waals surface area contributed by atoms with Gasteiger partial charge in [-0.15, -0.1) is 0 Å². The number of piperidine rings is 1. The summed E-state index contributed by atoms with van der Waals surface area (Å²) in [6.07, 6.45) is 3.84. The summed E-state index contributed by atoms with van der Waals surface area (Å²) in [4.78, 5) is 16.2. The number of aromatic amines is 1. The van der Waals surface area contributed by atoms with E-state index in [0.29, 0.717) is 25.1 Å². The number of alkyl halides is 2. The van der Waals surface area contributed by atoms with Crippen molar-refractivity contribution in [2.24, 2.45) is 0 Å². The van der Waals surface area contributed by atoms with E-state index >= 15 is 0 Å². The molecule has 0 atom stereocenters. The number of carbonyl (C=O) groups excluding carboxylic acids is 1. The first-order valence-electron chi connectivity index (χ1n) is 7.97. The number of likely N-dealkylation sites (tertiary alicyclic amines) is 1. The van der Waals surface area contributed by atoms with Crippen molar-refractivity contribution >= 4 is 11.6 Å². The molecular formula is C15H22F2N4O. The summed E-state index contributed by atoms with van der Waals surface area (Å²) < 4.78 is 26.2. The molecular weight excluding hydrogens is 290 g/mol. The number of H-pyrrole nitrogens is 1. The number of nitrogens with zero attached hydrogens (tertiary/aromatic N) is 3. The number of nitrogens with one attached hydrogen (secondary N) is 1. The van der Waals surface area contributed by atoms with Gasteiger partial charge in [-0.3, -0.25) is 9.89 Å². The summed E-state index contributed by atoms with van der Waals surface area (Å²) in [7, 11) is 0. The van der Waals surface area contributed by atoms with Gasteiger partial charge in [0.05, 0.1) is 11.8 Å². The maximum absolute atomic E-state index is 13.1. The molecule has 1 fully saturated rings. The summed E-state index contributed by atoms with van der Waals surface area (Å²) in [5, 5.41) is 6.90. The van der Waals surface area contributed by atoms with E-state index in [9.17, 15) is 13.6 Å². The number of carbonyl (C=O) groups is 1. The smallest absolute Gasteiger partial charge is 0.250 e. The number of hydrogen-bond acceptors (Lipinski definition) is 4. The quantitative estimate of drug-likeness (QED) is 0.927. The van der Waals surface area contributed by atoms with Crippen LogP contribution in [0.1, 0.15) is 42.5 Å². The fourth-order valence-electron chi connectivity index (χ4n) is 3.21. The van der Waals surface area contributed by atoms with Crippen molar-refractivity contribution in [2.45, 2.75) is 38.0 Å². The Bertz CT molecular complexity index is 521. The molecule has 1 aromatic rings. The van der Waals surface area contributed by atoms with Crippen LogP contribution in [0.15, 0.2) is 6.20 Å². The van der Waals surface area contributed by atoms with E-state index in [0.717, 1.165) is 38.3 Å². The zero-order valence-corrected chi connectivity index (χ0v) is 12.7. The average Bonchev–Trinajstić information content (AvgIpc) is 2.91. The van der Waals surface area contributed by atoms with E-state index in [2.05, 4.69) is 20.0 Å². The van der Waals surface area contributed by atoms with Crippen molar-refractivity contribution in [1.82, 2.24) is 15.1 Å². The van der Waals surface area contributed by atoms with E-state index in [-0.39, 0.29) is 18.6 Å². The molecule has 3 rings (SSSR count). The second-order valence-corrected chi connectivity index (χ2v) is 6.20. The second-order valence-electron chi connectivity index (χ2n) is 6.20. The zero-order chi connectivity index (χ0) is 15.6. The van der Waals surface area contributed by atoms with Crippen LogP contribution in [0.4, 0.5) is 14.6 Å². The number of halogens is 2. The largest absolute Gasteiger partial charge is 0.356 e. The van der Waals surface area contributed by atoms with Gasteiger partial charge in [0, 0.05) is 45.4 Å². The van der Waals surface area contributed by atoms with Crippen molar-refractivity contribution in [3.8, 4) is 0 Å². The van der Waals surface area contributed by atoms with Crippen LogP contribution in [0, 0.1) is 0 Å². The molecule has 0 amide bonds. The first-order chi connectivity index (χ1) is 10.6. The predicted molar refractivity (Wildman–Crippen MR) is 79.6 cm³/mol. The minimum Gasteiger partial charge on any atom is -0.356 e. The fraction of sp³-hybridized carbons (Fsp3) is 0.733. The van der Waals surface area contributed by atoms with E-state index < -0.39 is 5.92 Å². The van der Waals surface area contributed by atoms with Crippen molar-refractivity contribution in [3.05, 3.63) is 11.8 Å². The Morgan fingerprint density at radius 3 is 2.77 bits per heavy atom. The third kappa shape index (κ3) is 3.45. The van der Waals surface area contributed by atoms with E-state index in [1.54, 1.807) is 6.20 Å². The van der Waals surface area contributed by atoms with Gasteiger partial charge in [0.25, 0.3) is 5.92 Å². The Morgan fingerprint density at radius 1 is 1.23 bits per heavy atom. The van der Waals surface area contributed by atoms with Gasteiger partial charge >= 0.3 is 0 Å². The monoisotopic (exact) mass is 312 g/mol. The molecule has 122 valence electrons. The molecule has 0 aliphatic carbocycles. The second kappa shape index (κ2) is 6.32. The van der Waals surface area contributed by atoms with Crippen molar-refractivity contribution in [3.63, 3.8) is 0 Å². The number of hydrogen-bond donors (Lipinski definition) is 1. The highest BCUT2D eigenvalue weighted by molar-refractivity contribution is 6.00. The maximum atomic E-state index is 13.1. The number of ketones is 1. The molecule has 0 saturated carbocycles. The van der Waals surface area contributed by atoms with Crippen LogP contribution in [0.25, 0.3) is 0 Å². The Kier molecular flexibility index (Phi) is 4.42. The van der Waals surface area contributed by atoms with Crippen molar-refractivity contribution in [2.75, 3.05) is 37.6 Å². The van der Waals surface area contributed by atoms with Gasteiger partial charge in [-0.25, -0.2) is 8.78 Å². The first kappa shape index (κ1) is 15.4. The highest BCUT2D eigenvalue weighted by atomic mass is 19.3. The van der Waals surface area contributed by atoms with Gasteiger partial charge in [0.15, 0.2) is 5.78 Å². The molecule has 5 nitrogen and oxygen atoms in total.